The molecule has 0 aliphatic rings. The molecule has 0 bridgehead atoms. The van der Waals surface area contributed by atoms with Crippen LogP contribution in [0.25, 0.3) is 21.7 Å². The van der Waals surface area contributed by atoms with Crippen LogP contribution in [0.5, 0.6) is 5.75 Å². The predicted molar refractivity (Wildman–Crippen MR) is 66.0 cm³/mol. The Bertz CT molecular complexity index is 647. The molecule has 0 spiro atoms. The van der Waals surface area contributed by atoms with Crippen LogP contribution in [0.3, 0.4) is 0 Å². The van der Waals surface area contributed by atoms with Gasteiger partial charge in [-0.05, 0) is 30.7 Å². The molecular formula is C12H11FN4O2. The van der Waals surface area contributed by atoms with Gasteiger partial charge in [-0.3, -0.25) is 0 Å². The molecule has 0 amide bonds. The van der Waals surface area contributed by atoms with Gasteiger partial charge in [0.1, 0.15) is 11.5 Å². The lowest BCUT2D eigenvalue weighted by Gasteiger charge is -2.04. The molecule has 19 heavy (non-hydrogen) atoms. The van der Waals surface area contributed by atoms with Crippen molar-refractivity contribution in [3.63, 3.8) is 0 Å². The highest BCUT2D eigenvalue weighted by molar-refractivity contribution is 5.64. The Kier molecular flexibility index (Phi) is 3.68. The Labute approximate surface area is 108 Å². The summed E-state index contributed by atoms with van der Waals surface area (Å²) in [5.41, 5.74) is 10.0. The van der Waals surface area contributed by atoms with Crippen LogP contribution in [0.15, 0.2) is 27.8 Å². The molecular weight excluding hydrogens is 251 g/mol. The Hall–Kier alpha value is -2.53. The summed E-state index contributed by atoms with van der Waals surface area (Å²) in [5, 5.41) is 7.35. The van der Waals surface area contributed by atoms with E-state index in [0.717, 1.165) is 0 Å². The van der Waals surface area contributed by atoms with E-state index in [2.05, 4.69) is 15.2 Å². The molecule has 0 saturated heterocycles. The molecule has 0 N–H and O–H groups in total. The minimum absolute atomic E-state index is 0.106. The van der Waals surface area contributed by atoms with Crippen LogP contribution in [-0.4, -0.2) is 12.3 Å². The highest BCUT2D eigenvalue weighted by atomic mass is 19.1. The van der Waals surface area contributed by atoms with E-state index in [9.17, 15) is 4.39 Å². The van der Waals surface area contributed by atoms with Crippen molar-refractivity contribution in [2.45, 2.75) is 13.5 Å². The minimum Gasteiger partial charge on any atom is -0.494 e. The summed E-state index contributed by atoms with van der Waals surface area (Å²) in [6, 6.07) is 4.47. The third-order valence-corrected chi connectivity index (χ3v) is 2.70. The van der Waals surface area contributed by atoms with Crippen molar-refractivity contribution in [3.05, 3.63) is 45.8 Å². The third kappa shape index (κ3) is 2.51. The zero-order valence-electron chi connectivity index (χ0n) is 10.4. The maximum atomic E-state index is 13.7. The second kappa shape index (κ2) is 5.41. The number of benzene rings is 1. The normalized spacial score (nSPS) is 10.1. The van der Waals surface area contributed by atoms with Crippen molar-refractivity contribution < 1.29 is 13.7 Å². The number of methoxy groups -OCH3 is 1. The molecule has 0 fully saturated rings. The number of hydrogen-bond acceptors (Lipinski definition) is 4. The molecule has 1 aromatic carbocycles. The molecule has 1 aromatic heterocycles. The molecule has 0 aliphatic heterocycles. The lowest BCUT2D eigenvalue weighted by Crippen LogP contribution is -1.91. The smallest absolute Gasteiger partial charge is 0.165 e. The van der Waals surface area contributed by atoms with Gasteiger partial charge in [-0.25, -0.2) is 4.39 Å². The second-order valence-electron chi connectivity index (χ2n) is 3.80. The number of azide groups is 1. The van der Waals surface area contributed by atoms with Crippen LogP contribution in [-0.2, 0) is 6.54 Å². The van der Waals surface area contributed by atoms with Gasteiger partial charge in [0, 0.05) is 16.0 Å². The number of hydrogen-bond donors (Lipinski definition) is 0. The Morgan fingerprint density at radius 2 is 2.32 bits per heavy atom. The zero-order valence-corrected chi connectivity index (χ0v) is 10.4. The lowest BCUT2D eigenvalue weighted by atomic mass is 10.1. The van der Waals surface area contributed by atoms with Gasteiger partial charge in [-0.1, -0.05) is 10.3 Å². The summed E-state index contributed by atoms with van der Waals surface area (Å²) in [5.74, 6) is 0.203. The van der Waals surface area contributed by atoms with Crippen molar-refractivity contribution in [1.82, 2.24) is 5.16 Å². The largest absolute Gasteiger partial charge is 0.494 e. The van der Waals surface area contributed by atoms with Gasteiger partial charge in [0.05, 0.1) is 13.7 Å². The average Bonchev–Trinajstić information content (AvgIpc) is 2.77. The van der Waals surface area contributed by atoms with Crippen LogP contribution >= 0.6 is 0 Å². The lowest BCUT2D eigenvalue weighted by molar-refractivity contribution is 0.386. The van der Waals surface area contributed by atoms with E-state index < -0.39 is 5.82 Å². The average molecular weight is 262 g/mol. The molecule has 0 atom stereocenters. The zero-order chi connectivity index (χ0) is 13.8. The number of ether oxygens (including phenoxy) is 1. The third-order valence-electron chi connectivity index (χ3n) is 2.70. The summed E-state index contributed by atoms with van der Waals surface area (Å²) in [6.07, 6.45) is 0. The van der Waals surface area contributed by atoms with Gasteiger partial charge in [-0.2, -0.15) is 0 Å². The second-order valence-corrected chi connectivity index (χ2v) is 3.80. The molecule has 0 saturated carbocycles. The van der Waals surface area contributed by atoms with Crippen LogP contribution < -0.4 is 4.74 Å². The first-order chi connectivity index (χ1) is 9.17. The van der Waals surface area contributed by atoms with Crippen molar-refractivity contribution in [2.24, 2.45) is 5.11 Å². The first-order valence-electron chi connectivity index (χ1n) is 5.47. The molecule has 0 aliphatic carbocycles. The SMILES string of the molecule is COc1ccc(-c2noc(C)c2CN=[N+]=[N-])cc1F. The summed E-state index contributed by atoms with van der Waals surface area (Å²) in [7, 11) is 1.39. The standard InChI is InChI=1S/C12H11FN4O2/c1-7-9(6-15-17-14)12(16-19-7)8-3-4-11(18-2)10(13)5-8/h3-5H,6H2,1-2H3. The molecule has 1 heterocycles. The molecule has 2 aromatic rings. The minimum atomic E-state index is -0.490. The van der Waals surface area contributed by atoms with E-state index in [1.54, 1.807) is 13.0 Å². The van der Waals surface area contributed by atoms with Gasteiger partial charge in [0.2, 0.25) is 0 Å². The van der Waals surface area contributed by atoms with Crippen LogP contribution in [0, 0.1) is 12.7 Å². The first-order valence-corrected chi connectivity index (χ1v) is 5.47. The summed E-state index contributed by atoms with van der Waals surface area (Å²) >= 11 is 0. The summed E-state index contributed by atoms with van der Waals surface area (Å²) < 4.78 is 23.6. The Morgan fingerprint density at radius 3 is 2.95 bits per heavy atom. The first kappa shape index (κ1) is 12.9. The van der Waals surface area contributed by atoms with Crippen molar-refractivity contribution in [2.75, 3.05) is 7.11 Å². The molecule has 6 nitrogen and oxygen atoms in total. The van der Waals surface area contributed by atoms with Crippen molar-refractivity contribution >= 4 is 0 Å². The van der Waals surface area contributed by atoms with E-state index in [1.807, 2.05) is 0 Å². The maximum Gasteiger partial charge on any atom is 0.165 e. The number of halogens is 1. The van der Waals surface area contributed by atoms with Gasteiger partial charge >= 0.3 is 0 Å². The Balaban J connectivity index is 2.47. The van der Waals surface area contributed by atoms with Gasteiger partial charge in [0.15, 0.2) is 11.6 Å². The molecule has 98 valence electrons. The molecule has 0 radical (unpaired) electrons. The van der Waals surface area contributed by atoms with Crippen LogP contribution in [0.2, 0.25) is 0 Å². The fourth-order valence-corrected chi connectivity index (χ4v) is 1.72. The quantitative estimate of drug-likeness (QED) is 0.479. The van der Waals surface area contributed by atoms with Crippen LogP contribution in [0.4, 0.5) is 4.39 Å². The monoisotopic (exact) mass is 262 g/mol. The molecule has 2 rings (SSSR count). The van der Waals surface area contributed by atoms with Gasteiger partial charge < -0.3 is 9.26 Å². The van der Waals surface area contributed by atoms with E-state index in [1.165, 1.54) is 19.2 Å². The van der Waals surface area contributed by atoms with Crippen LogP contribution in [0.1, 0.15) is 11.3 Å². The van der Waals surface area contributed by atoms with Gasteiger partial charge in [-0.15, -0.1) is 0 Å². The highest BCUT2D eigenvalue weighted by Crippen LogP contribution is 2.29. The molecule has 7 heteroatoms. The Morgan fingerprint density at radius 1 is 1.53 bits per heavy atom. The predicted octanol–water partition coefficient (Wildman–Crippen LogP) is 3.61. The van der Waals surface area contributed by atoms with Crippen molar-refractivity contribution in [1.29, 1.82) is 0 Å². The summed E-state index contributed by atoms with van der Waals surface area (Å²) in [4.78, 5) is 2.69. The number of nitrogens with zero attached hydrogens (tertiary/aromatic N) is 4. The van der Waals surface area contributed by atoms with Gasteiger partial charge in [0.25, 0.3) is 0 Å². The van der Waals surface area contributed by atoms with E-state index >= 15 is 0 Å². The summed E-state index contributed by atoms with van der Waals surface area (Å²) in [6.45, 7) is 1.81. The van der Waals surface area contributed by atoms with E-state index in [0.29, 0.717) is 22.6 Å². The van der Waals surface area contributed by atoms with E-state index in [4.69, 9.17) is 14.8 Å². The number of aromatic nitrogens is 1. The van der Waals surface area contributed by atoms with E-state index in [-0.39, 0.29) is 12.3 Å². The number of rotatable bonds is 4. The maximum absolute atomic E-state index is 13.7. The number of aryl methyl sites for hydroxylation is 1. The van der Waals surface area contributed by atoms with Crippen molar-refractivity contribution in [3.8, 4) is 17.0 Å². The highest BCUT2D eigenvalue weighted by Gasteiger charge is 2.15. The molecule has 0 unspecified atom stereocenters. The fourth-order valence-electron chi connectivity index (χ4n) is 1.72. The fraction of sp³-hybridized carbons (Fsp3) is 0.250. The topological polar surface area (TPSA) is 84.0 Å².